The highest BCUT2D eigenvalue weighted by Crippen LogP contribution is 2.26. The highest BCUT2D eigenvalue weighted by molar-refractivity contribution is 9.10. The largest absolute Gasteiger partial charge is 0.492 e. The number of nitrogens with zero attached hydrogens (tertiary/aromatic N) is 2. The van der Waals surface area contributed by atoms with Crippen LogP contribution in [0, 0.1) is 6.92 Å². The van der Waals surface area contributed by atoms with Gasteiger partial charge in [-0.15, -0.1) is 0 Å². The lowest BCUT2D eigenvalue weighted by atomic mass is 10.2. The van der Waals surface area contributed by atoms with Crippen LogP contribution in [-0.2, 0) is 4.79 Å². The third-order valence-electron chi connectivity index (χ3n) is 4.77. The molecule has 0 aliphatic carbocycles. The third-order valence-corrected chi connectivity index (χ3v) is 5.39. The number of halogens is 1. The summed E-state index contributed by atoms with van der Waals surface area (Å²) in [6.07, 6.45) is 0.341. The second-order valence-electron chi connectivity index (χ2n) is 6.75. The van der Waals surface area contributed by atoms with E-state index >= 15 is 0 Å². The third kappa shape index (κ3) is 5.04. The normalized spacial score (nSPS) is 14.1. The number of rotatable bonds is 6. The molecule has 1 fully saturated rings. The minimum Gasteiger partial charge on any atom is -0.492 e. The first kappa shape index (κ1) is 20.2. The number of carbonyl (C=O) groups excluding carboxylic acids is 1. The summed E-state index contributed by atoms with van der Waals surface area (Å²) in [5.41, 5.74) is 2.40. The van der Waals surface area contributed by atoms with E-state index in [2.05, 4.69) is 20.8 Å². The number of ether oxygens (including phenoxy) is 1. The van der Waals surface area contributed by atoms with Gasteiger partial charge in [0.2, 0.25) is 5.91 Å². The number of carboxylic acids is 1. The summed E-state index contributed by atoms with van der Waals surface area (Å²) in [5.74, 6) is -0.0982. The van der Waals surface area contributed by atoms with Gasteiger partial charge in [-0.25, -0.2) is 4.79 Å². The Balaban J connectivity index is 1.45. The van der Waals surface area contributed by atoms with E-state index in [1.54, 1.807) is 12.1 Å². The second kappa shape index (κ2) is 9.10. The number of amides is 1. The van der Waals surface area contributed by atoms with Crippen LogP contribution in [0.3, 0.4) is 0 Å². The van der Waals surface area contributed by atoms with Gasteiger partial charge in [-0.1, -0.05) is 6.07 Å². The number of hydrogen-bond acceptors (Lipinski definition) is 4. The fourth-order valence-electron chi connectivity index (χ4n) is 3.16. The van der Waals surface area contributed by atoms with Crippen LogP contribution >= 0.6 is 15.9 Å². The van der Waals surface area contributed by atoms with Crippen molar-refractivity contribution in [2.45, 2.75) is 13.3 Å². The average molecular weight is 447 g/mol. The van der Waals surface area contributed by atoms with Crippen LogP contribution in [0.15, 0.2) is 46.9 Å². The molecule has 6 nitrogen and oxygen atoms in total. The number of aromatic carboxylic acids is 1. The number of hydrogen-bond donors (Lipinski definition) is 1. The number of carboxylic acid groups (broad SMARTS) is 1. The van der Waals surface area contributed by atoms with Crippen LogP contribution in [-0.4, -0.2) is 54.7 Å². The molecule has 0 aromatic heterocycles. The Hall–Kier alpha value is -2.54. The standard InChI is InChI=1S/C21H23BrN2O4/c1-15-2-7-19(18(22)14-15)28-13-8-20(25)24-11-9-23(10-12-24)17-5-3-16(4-6-17)21(26)27/h2-7,14H,8-13H2,1H3,(H,26,27). The maximum atomic E-state index is 12.4. The first-order chi connectivity index (χ1) is 13.4. The zero-order valence-electron chi connectivity index (χ0n) is 15.7. The van der Waals surface area contributed by atoms with Gasteiger partial charge in [-0.05, 0) is 64.8 Å². The molecular weight excluding hydrogens is 424 g/mol. The molecule has 0 radical (unpaired) electrons. The van der Waals surface area contributed by atoms with Crippen LogP contribution in [0.2, 0.25) is 0 Å². The molecule has 0 spiro atoms. The van der Waals surface area contributed by atoms with Crippen molar-refractivity contribution in [1.29, 1.82) is 0 Å². The Bertz CT molecular complexity index is 846. The Morgan fingerprint density at radius 2 is 1.75 bits per heavy atom. The lowest BCUT2D eigenvalue weighted by Crippen LogP contribution is -2.49. The van der Waals surface area contributed by atoms with Crippen molar-refractivity contribution in [3.63, 3.8) is 0 Å². The summed E-state index contributed by atoms with van der Waals surface area (Å²) >= 11 is 3.47. The van der Waals surface area contributed by atoms with E-state index < -0.39 is 5.97 Å². The van der Waals surface area contributed by atoms with E-state index in [0.29, 0.717) is 26.1 Å². The van der Waals surface area contributed by atoms with E-state index in [9.17, 15) is 9.59 Å². The van der Waals surface area contributed by atoms with E-state index in [0.717, 1.165) is 34.6 Å². The van der Waals surface area contributed by atoms with Gasteiger partial charge >= 0.3 is 5.97 Å². The van der Waals surface area contributed by atoms with Gasteiger partial charge in [-0.2, -0.15) is 0 Å². The van der Waals surface area contributed by atoms with Crippen LogP contribution in [0.4, 0.5) is 5.69 Å². The van der Waals surface area contributed by atoms with Crippen LogP contribution in [0.1, 0.15) is 22.3 Å². The van der Waals surface area contributed by atoms with Crippen molar-refractivity contribution < 1.29 is 19.4 Å². The van der Waals surface area contributed by atoms with Crippen LogP contribution in [0.5, 0.6) is 5.75 Å². The number of aryl methyl sites for hydroxylation is 1. The molecule has 1 saturated heterocycles. The van der Waals surface area contributed by atoms with E-state index in [1.165, 1.54) is 0 Å². The molecule has 2 aromatic carbocycles. The van der Waals surface area contributed by atoms with Gasteiger partial charge in [0.15, 0.2) is 0 Å². The molecule has 1 amide bonds. The summed E-state index contributed by atoms with van der Waals surface area (Å²) in [4.78, 5) is 27.4. The molecule has 1 heterocycles. The molecule has 1 aliphatic heterocycles. The molecule has 28 heavy (non-hydrogen) atoms. The molecule has 7 heteroatoms. The van der Waals surface area contributed by atoms with E-state index in [4.69, 9.17) is 9.84 Å². The highest BCUT2D eigenvalue weighted by atomic mass is 79.9. The Morgan fingerprint density at radius 1 is 1.07 bits per heavy atom. The summed E-state index contributed by atoms with van der Waals surface area (Å²) in [5, 5.41) is 8.98. The molecule has 1 aliphatic rings. The molecule has 0 bridgehead atoms. The fourth-order valence-corrected chi connectivity index (χ4v) is 3.77. The first-order valence-corrected chi connectivity index (χ1v) is 9.98. The molecule has 3 rings (SSSR count). The first-order valence-electron chi connectivity index (χ1n) is 9.19. The maximum absolute atomic E-state index is 12.4. The summed E-state index contributed by atoms with van der Waals surface area (Å²) in [6.45, 7) is 5.10. The number of carbonyl (C=O) groups is 2. The van der Waals surface area contributed by atoms with Crippen LogP contribution in [0.25, 0.3) is 0 Å². The van der Waals surface area contributed by atoms with E-state index in [1.807, 2.05) is 42.2 Å². The predicted molar refractivity (Wildman–Crippen MR) is 111 cm³/mol. The topological polar surface area (TPSA) is 70.1 Å². The molecule has 1 N–H and O–H groups in total. The maximum Gasteiger partial charge on any atom is 0.335 e. The van der Waals surface area contributed by atoms with Gasteiger partial charge in [-0.3, -0.25) is 4.79 Å². The predicted octanol–water partition coefficient (Wildman–Crippen LogP) is 3.57. The van der Waals surface area contributed by atoms with Gasteiger partial charge in [0.05, 0.1) is 23.1 Å². The summed E-state index contributed by atoms with van der Waals surface area (Å²) < 4.78 is 6.61. The molecular formula is C21H23BrN2O4. The summed E-state index contributed by atoms with van der Waals surface area (Å²) in [6, 6.07) is 12.7. The highest BCUT2D eigenvalue weighted by Gasteiger charge is 2.21. The number of anilines is 1. The Labute approximate surface area is 172 Å². The minimum atomic E-state index is -0.929. The molecule has 148 valence electrons. The van der Waals surface area contributed by atoms with E-state index in [-0.39, 0.29) is 11.5 Å². The quantitative estimate of drug-likeness (QED) is 0.734. The number of benzene rings is 2. The molecule has 0 atom stereocenters. The zero-order chi connectivity index (χ0) is 20.1. The van der Waals surface area contributed by atoms with Crippen LogP contribution < -0.4 is 9.64 Å². The van der Waals surface area contributed by atoms with Crippen molar-refractivity contribution in [3.8, 4) is 5.75 Å². The van der Waals surface area contributed by atoms with Gasteiger partial charge < -0.3 is 19.6 Å². The molecule has 2 aromatic rings. The summed E-state index contributed by atoms with van der Waals surface area (Å²) in [7, 11) is 0. The second-order valence-corrected chi connectivity index (χ2v) is 7.61. The lowest BCUT2D eigenvalue weighted by Gasteiger charge is -2.36. The van der Waals surface area contributed by atoms with Crippen molar-refractivity contribution in [3.05, 3.63) is 58.1 Å². The zero-order valence-corrected chi connectivity index (χ0v) is 17.3. The Kier molecular flexibility index (Phi) is 6.57. The van der Waals surface area contributed by atoms with Crippen molar-refractivity contribution >= 4 is 33.5 Å². The monoisotopic (exact) mass is 446 g/mol. The SMILES string of the molecule is Cc1ccc(OCCC(=O)N2CCN(c3ccc(C(=O)O)cc3)CC2)c(Br)c1. The minimum absolute atomic E-state index is 0.0871. The molecule has 0 saturated carbocycles. The Morgan fingerprint density at radius 3 is 2.36 bits per heavy atom. The van der Waals surface area contributed by atoms with Crippen molar-refractivity contribution in [2.24, 2.45) is 0 Å². The smallest absolute Gasteiger partial charge is 0.335 e. The lowest BCUT2D eigenvalue weighted by molar-refractivity contribution is -0.132. The van der Waals surface area contributed by atoms with Gasteiger partial charge in [0, 0.05) is 31.9 Å². The van der Waals surface area contributed by atoms with Gasteiger partial charge in [0.1, 0.15) is 5.75 Å². The van der Waals surface area contributed by atoms with Crippen molar-refractivity contribution in [1.82, 2.24) is 4.90 Å². The van der Waals surface area contributed by atoms with Gasteiger partial charge in [0.25, 0.3) is 0 Å². The number of piperazine rings is 1. The van der Waals surface area contributed by atoms with Crippen molar-refractivity contribution in [2.75, 3.05) is 37.7 Å². The average Bonchev–Trinajstić information content (AvgIpc) is 2.69. The molecule has 0 unspecified atom stereocenters. The fraction of sp³-hybridized carbons (Fsp3) is 0.333.